The molecule has 136 valence electrons. The lowest BCUT2D eigenvalue weighted by Gasteiger charge is -2.13. The monoisotopic (exact) mass is 378 g/mol. The van der Waals surface area contributed by atoms with Gasteiger partial charge in [0.1, 0.15) is 5.75 Å². The van der Waals surface area contributed by atoms with Gasteiger partial charge in [-0.3, -0.25) is 4.79 Å². The summed E-state index contributed by atoms with van der Waals surface area (Å²) in [4.78, 5) is 12.1. The largest absolute Gasteiger partial charge is 0.481 e. The van der Waals surface area contributed by atoms with Gasteiger partial charge < -0.3 is 4.74 Å². The Morgan fingerprint density at radius 1 is 0.963 bits per heavy atom. The molecule has 1 atom stereocenters. The molecule has 1 unspecified atom stereocenters. The van der Waals surface area contributed by atoms with Crippen molar-refractivity contribution in [3.05, 3.63) is 89.4 Å². The maximum absolute atomic E-state index is 12.1. The second-order valence-electron chi connectivity index (χ2n) is 5.91. The highest BCUT2D eigenvalue weighted by molar-refractivity contribution is 6.33. The van der Waals surface area contributed by atoms with Crippen LogP contribution in [0.25, 0.3) is 11.1 Å². The van der Waals surface area contributed by atoms with E-state index in [0.717, 1.165) is 16.7 Å². The molecule has 4 nitrogen and oxygen atoms in total. The molecule has 0 heterocycles. The van der Waals surface area contributed by atoms with Crippen LogP contribution in [0.2, 0.25) is 5.02 Å². The summed E-state index contributed by atoms with van der Waals surface area (Å²) in [6.45, 7) is 1.67. The van der Waals surface area contributed by atoms with Gasteiger partial charge in [-0.25, -0.2) is 5.43 Å². The van der Waals surface area contributed by atoms with Crippen LogP contribution >= 0.6 is 11.6 Å². The van der Waals surface area contributed by atoms with E-state index in [9.17, 15) is 4.79 Å². The summed E-state index contributed by atoms with van der Waals surface area (Å²) < 4.78 is 5.68. The van der Waals surface area contributed by atoms with Crippen LogP contribution in [0.3, 0.4) is 0 Å². The van der Waals surface area contributed by atoms with E-state index in [0.29, 0.717) is 10.8 Å². The van der Waals surface area contributed by atoms with Gasteiger partial charge in [-0.2, -0.15) is 5.10 Å². The minimum atomic E-state index is -0.684. The summed E-state index contributed by atoms with van der Waals surface area (Å²) in [5.41, 5.74) is 5.40. The first-order chi connectivity index (χ1) is 13.1. The van der Waals surface area contributed by atoms with Crippen molar-refractivity contribution in [3.63, 3.8) is 0 Å². The van der Waals surface area contributed by atoms with Crippen molar-refractivity contribution in [1.29, 1.82) is 0 Å². The fraction of sp³-hybridized carbons (Fsp3) is 0.0909. The number of hydrazone groups is 1. The summed E-state index contributed by atoms with van der Waals surface area (Å²) in [5.74, 6) is 0.276. The van der Waals surface area contributed by atoms with Crippen LogP contribution in [-0.4, -0.2) is 18.2 Å². The smallest absolute Gasteiger partial charge is 0.280 e. The average Bonchev–Trinajstić information content (AvgIpc) is 2.70. The van der Waals surface area contributed by atoms with Crippen LogP contribution in [-0.2, 0) is 4.79 Å². The minimum Gasteiger partial charge on any atom is -0.481 e. The van der Waals surface area contributed by atoms with E-state index in [2.05, 4.69) is 10.5 Å². The van der Waals surface area contributed by atoms with Crippen LogP contribution in [0.5, 0.6) is 5.75 Å². The molecule has 0 spiro atoms. The molecule has 1 N–H and O–H groups in total. The maximum atomic E-state index is 12.1. The molecule has 0 aliphatic heterocycles. The van der Waals surface area contributed by atoms with Crippen molar-refractivity contribution in [2.24, 2.45) is 5.10 Å². The molecule has 27 heavy (non-hydrogen) atoms. The normalized spacial score (nSPS) is 11.9. The zero-order valence-electron chi connectivity index (χ0n) is 14.8. The minimum absolute atomic E-state index is 0.342. The van der Waals surface area contributed by atoms with Gasteiger partial charge in [-0.1, -0.05) is 72.3 Å². The number of hydrogen-bond donors (Lipinski definition) is 1. The fourth-order valence-electron chi connectivity index (χ4n) is 2.45. The van der Waals surface area contributed by atoms with Crippen LogP contribution < -0.4 is 10.2 Å². The molecular formula is C22H19ClN2O2. The predicted molar refractivity (Wildman–Crippen MR) is 109 cm³/mol. The summed E-state index contributed by atoms with van der Waals surface area (Å²) in [6, 6.07) is 24.9. The first kappa shape index (κ1) is 18.7. The first-order valence-electron chi connectivity index (χ1n) is 8.53. The molecule has 3 rings (SSSR count). The Balaban J connectivity index is 1.56. The molecule has 0 aliphatic rings. The number of carbonyl (C=O) groups is 1. The molecule has 0 fully saturated rings. The van der Waals surface area contributed by atoms with Crippen molar-refractivity contribution >= 4 is 23.7 Å². The molecule has 0 saturated heterocycles. The summed E-state index contributed by atoms with van der Waals surface area (Å²) in [7, 11) is 0. The third kappa shape index (κ3) is 5.19. The second-order valence-corrected chi connectivity index (χ2v) is 6.31. The number of nitrogens with one attached hydrogen (secondary N) is 1. The first-order valence-corrected chi connectivity index (χ1v) is 8.91. The fourth-order valence-corrected chi connectivity index (χ4v) is 2.63. The van der Waals surface area contributed by atoms with Crippen molar-refractivity contribution in [2.75, 3.05) is 0 Å². The van der Waals surface area contributed by atoms with E-state index in [-0.39, 0.29) is 5.91 Å². The summed E-state index contributed by atoms with van der Waals surface area (Å²) >= 11 is 6.04. The molecule has 0 radical (unpaired) electrons. The highest BCUT2D eigenvalue weighted by Gasteiger charge is 2.14. The lowest BCUT2D eigenvalue weighted by Crippen LogP contribution is -2.33. The van der Waals surface area contributed by atoms with E-state index in [1.807, 2.05) is 72.8 Å². The average molecular weight is 379 g/mol. The third-order valence-electron chi connectivity index (χ3n) is 3.93. The van der Waals surface area contributed by atoms with E-state index >= 15 is 0 Å². The zero-order chi connectivity index (χ0) is 19.1. The SMILES string of the molecule is CC(Oc1ccc(-c2ccccc2)cc1)C(=O)NN=Cc1ccccc1Cl. The van der Waals surface area contributed by atoms with E-state index in [4.69, 9.17) is 16.3 Å². The molecule has 0 saturated carbocycles. The number of amides is 1. The highest BCUT2D eigenvalue weighted by Crippen LogP contribution is 2.22. The van der Waals surface area contributed by atoms with E-state index in [1.54, 1.807) is 13.0 Å². The topological polar surface area (TPSA) is 50.7 Å². The van der Waals surface area contributed by atoms with Crippen LogP contribution in [0.15, 0.2) is 84.0 Å². The van der Waals surface area contributed by atoms with Gasteiger partial charge >= 0.3 is 0 Å². The Labute approximate surface area is 163 Å². The standard InChI is InChI=1S/C22H19ClN2O2/c1-16(22(26)25-24-15-19-9-5-6-10-21(19)23)27-20-13-11-18(12-14-20)17-7-3-2-4-8-17/h2-16H,1H3,(H,25,26). The predicted octanol–water partition coefficient (Wildman–Crippen LogP) is 4.92. The molecule has 0 bridgehead atoms. The number of rotatable bonds is 6. The number of nitrogens with zero attached hydrogens (tertiary/aromatic N) is 1. The van der Waals surface area contributed by atoms with Crippen LogP contribution in [0.1, 0.15) is 12.5 Å². The van der Waals surface area contributed by atoms with Crippen molar-refractivity contribution in [1.82, 2.24) is 5.43 Å². The Morgan fingerprint density at radius 3 is 2.30 bits per heavy atom. The van der Waals surface area contributed by atoms with Gasteiger partial charge in [-0.05, 0) is 36.2 Å². The summed E-state index contributed by atoms with van der Waals surface area (Å²) in [5, 5.41) is 4.50. The van der Waals surface area contributed by atoms with Gasteiger partial charge in [0.15, 0.2) is 6.10 Å². The number of ether oxygens (including phenoxy) is 1. The second kappa shape index (κ2) is 9.01. The van der Waals surface area contributed by atoms with E-state index in [1.165, 1.54) is 6.21 Å². The van der Waals surface area contributed by atoms with Gasteiger partial charge in [-0.15, -0.1) is 0 Å². The van der Waals surface area contributed by atoms with Gasteiger partial charge in [0.2, 0.25) is 0 Å². The van der Waals surface area contributed by atoms with E-state index < -0.39 is 6.10 Å². The molecule has 3 aromatic carbocycles. The van der Waals surface area contributed by atoms with Crippen molar-refractivity contribution in [3.8, 4) is 16.9 Å². The lowest BCUT2D eigenvalue weighted by atomic mass is 10.1. The zero-order valence-corrected chi connectivity index (χ0v) is 15.6. The van der Waals surface area contributed by atoms with Crippen LogP contribution in [0.4, 0.5) is 0 Å². The quantitative estimate of drug-likeness (QED) is 0.488. The van der Waals surface area contributed by atoms with Gasteiger partial charge in [0.05, 0.1) is 6.21 Å². The molecular weight excluding hydrogens is 360 g/mol. The Morgan fingerprint density at radius 2 is 1.59 bits per heavy atom. The van der Waals surface area contributed by atoms with Crippen molar-refractivity contribution < 1.29 is 9.53 Å². The Kier molecular flexibility index (Phi) is 6.23. The molecule has 0 aliphatic carbocycles. The number of halogens is 1. The van der Waals surface area contributed by atoms with Gasteiger partial charge in [0, 0.05) is 10.6 Å². The maximum Gasteiger partial charge on any atom is 0.280 e. The Bertz CT molecular complexity index is 925. The van der Waals surface area contributed by atoms with Crippen molar-refractivity contribution in [2.45, 2.75) is 13.0 Å². The van der Waals surface area contributed by atoms with Crippen LogP contribution in [0, 0.1) is 0 Å². The molecule has 5 heteroatoms. The number of hydrogen-bond acceptors (Lipinski definition) is 3. The number of carbonyl (C=O) groups excluding carboxylic acids is 1. The highest BCUT2D eigenvalue weighted by atomic mass is 35.5. The summed E-state index contributed by atoms with van der Waals surface area (Å²) in [6.07, 6.45) is 0.817. The molecule has 1 amide bonds. The molecule has 3 aromatic rings. The van der Waals surface area contributed by atoms with Gasteiger partial charge in [0.25, 0.3) is 5.91 Å². The lowest BCUT2D eigenvalue weighted by molar-refractivity contribution is -0.127. The number of benzene rings is 3. The third-order valence-corrected chi connectivity index (χ3v) is 4.27. The molecule has 0 aromatic heterocycles. The Hall–Kier alpha value is -3.11.